The third kappa shape index (κ3) is 4.94. The van der Waals surface area contributed by atoms with Crippen LogP contribution in [0.25, 0.3) is 10.6 Å². The Balaban J connectivity index is 1.70. The van der Waals surface area contributed by atoms with Crippen molar-refractivity contribution in [3.05, 3.63) is 65.2 Å². The highest BCUT2D eigenvalue weighted by atomic mass is 35.5. The highest BCUT2D eigenvalue weighted by molar-refractivity contribution is 7.18. The minimum absolute atomic E-state index is 0.121. The minimum atomic E-state index is -0.726. The van der Waals surface area contributed by atoms with Gasteiger partial charge in [-0.2, -0.15) is 0 Å². The van der Waals surface area contributed by atoms with E-state index in [2.05, 4.69) is 20.8 Å². The van der Waals surface area contributed by atoms with Gasteiger partial charge in [0, 0.05) is 16.1 Å². The Bertz CT molecular complexity index is 975. The molecule has 2 amide bonds. The van der Waals surface area contributed by atoms with Crippen molar-refractivity contribution in [1.29, 1.82) is 0 Å². The fourth-order valence-electron chi connectivity index (χ4n) is 2.54. The van der Waals surface area contributed by atoms with E-state index in [1.807, 2.05) is 44.2 Å². The lowest BCUT2D eigenvalue weighted by atomic mass is 10.0. The zero-order valence-electron chi connectivity index (χ0n) is 15.3. The molecule has 0 aliphatic rings. The van der Waals surface area contributed by atoms with Crippen molar-refractivity contribution < 1.29 is 9.59 Å². The van der Waals surface area contributed by atoms with Crippen molar-refractivity contribution >= 4 is 39.9 Å². The molecule has 1 unspecified atom stereocenters. The van der Waals surface area contributed by atoms with Crippen LogP contribution in [0.15, 0.2) is 54.6 Å². The molecule has 0 aliphatic carbocycles. The summed E-state index contributed by atoms with van der Waals surface area (Å²) in [6.07, 6.45) is 0. The molecule has 1 atom stereocenters. The van der Waals surface area contributed by atoms with Gasteiger partial charge in [0.1, 0.15) is 11.0 Å². The fourth-order valence-corrected chi connectivity index (χ4v) is 3.49. The van der Waals surface area contributed by atoms with Gasteiger partial charge in [0.25, 0.3) is 5.91 Å². The molecule has 0 radical (unpaired) electrons. The van der Waals surface area contributed by atoms with Crippen LogP contribution in [0.1, 0.15) is 24.2 Å². The van der Waals surface area contributed by atoms with Crippen molar-refractivity contribution in [2.45, 2.75) is 19.9 Å². The number of benzene rings is 2. The molecule has 0 spiro atoms. The highest BCUT2D eigenvalue weighted by Gasteiger charge is 2.26. The number of hydrogen-bond acceptors (Lipinski definition) is 5. The molecule has 6 nitrogen and oxygen atoms in total. The number of rotatable bonds is 6. The summed E-state index contributed by atoms with van der Waals surface area (Å²) < 4.78 is 0. The van der Waals surface area contributed by atoms with Crippen LogP contribution in [0.3, 0.4) is 0 Å². The van der Waals surface area contributed by atoms with Gasteiger partial charge in [-0.15, -0.1) is 10.2 Å². The Hall–Kier alpha value is -2.77. The fraction of sp³-hybridized carbons (Fsp3) is 0.200. The minimum Gasteiger partial charge on any atom is -0.340 e. The average Bonchev–Trinajstić information content (AvgIpc) is 3.14. The van der Waals surface area contributed by atoms with Gasteiger partial charge in [0.05, 0.1) is 0 Å². The number of carbonyl (C=O) groups is 2. The molecule has 0 saturated carbocycles. The highest BCUT2D eigenvalue weighted by Crippen LogP contribution is 2.26. The van der Waals surface area contributed by atoms with Crippen LogP contribution in [0.4, 0.5) is 5.13 Å². The van der Waals surface area contributed by atoms with Gasteiger partial charge in [0.15, 0.2) is 0 Å². The number of nitrogens with zero attached hydrogens (tertiary/aromatic N) is 2. The Morgan fingerprint density at radius 1 is 1.04 bits per heavy atom. The SMILES string of the molecule is CC(C)C(NC(=O)c1cccc(Cl)c1)C(=O)Nc1nnc(-c2ccccc2)s1. The standard InChI is InChI=1S/C20H19ClN4O2S/c1-12(2)16(22-17(26)14-9-6-10-15(21)11-14)18(27)23-20-25-24-19(28-20)13-7-4-3-5-8-13/h3-12,16H,1-2H3,(H,22,26)(H,23,25,27). The molecule has 8 heteroatoms. The second-order valence-electron chi connectivity index (χ2n) is 6.47. The lowest BCUT2D eigenvalue weighted by molar-refractivity contribution is -0.118. The maximum absolute atomic E-state index is 12.7. The summed E-state index contributed by atoms with van der Waals surface area (Å²) >= 11 is 7.21. The van der Waals surface area contributed by atoms with Crippen LogP contribution in [0.2, 0.25) is 5.02 Å². The van der Waals surface area contributed by atoms with Gasteiger partial charge in [-0.25, -0.2) is 0 Å². The molecule has 28 heavy (non-hydrogen) atoms. The average molecular weight is 415 g/mol. The van der Waals surface area contributed by atoms with E-state index >= 15 is 0 Å². The molecule has 0 saturated heterocycles. The molecule has 144 valence electrons. The van der Waals surface area contributed by atoms with Crippen molar-refractivity contribution in [3.8, 4) is 10.6 Å². The third-order valence-electron chi connectivity index (χ3n) is 4.00. The van der Waals surface area contributed by atoms with Crippen molar-refractivity contribution in [2.24, 2.45) is 5.92 Å². The lowest BCUT2D eigenvalue weighted by Gasteiger charge is -2.21. The molecular weight excluding hydrogens is 396 g/mol. The number of aromatic nitrogens is 2. The summed E-state index contributed by atoms with van der Waals surface area (Å²) in [4.78, 5) is 25.2. The smallest absolute Gasteiger partial charge is 0.251 e. The zero-order chi connectivity index (χ0) is 20.1. The largest absolute Gasteiger partial charge is 0.340 e. The maximum Gasteiger partial charge on any atom is 0.251 e. The normalized spacial score (nSPS) is 11.9. The summed E-state index contributed by atoms with van der Waals surface area (Å²) in [7, 11) is 0. The number of nitrogens with one attached hydrogen (secondary N) is 2. The first-order valence-corrected chi connectivity index (χ1v) is 9.89. The lowest BCUT2D eigenvalue weighted by Crippen LogP contribution is -2.47. The topological polar surface area (TPSA) is 84.0 Å². The Labute approximate surface area is 172 Å². The van der Waals surface area contributed by atoms with Gasteiger partial charge >= 0.3 is 0 Å². The summed E-state index contributed by atoms with van der Waals surface area (Å²) in [5.74, 6) is -0.829. The van der Waals surface area contributed by atoms with Gasteiger partial charge in [-0.1, -0.05) is 73.2 Å². The Morgan fingerprint density at radius 2 is 1.79 bits per heavy atom. The molecular formula is C20H19ClN4O2S. The quantitative estimate of drug-likeness (QED) is 0.631. The zero-order valence-corrected chi connectivity index (χ0v) is 16.9. The number of halogens is 1. The van der Waals surface area contributed by atoms with Crippen LogP contribution < -0.4 is 10.6 Å². The molecule has 3 aromatic rings. The second-order valence-corrected chi connectivity index (χ2v) is 7.89. The van der Waals surface area contributed by atoms with E-state index in [0.29, 0.717) is 20.7 Å². The van der Waals surface area contributed by atoms with Gasteiger partial charge in [-0.3, -0.25) is 14.9 Å². The first kappa shape index (κ1) is 20.0. The van der Waals surface area contributed by atoms with E-state index in [0.717, 1.165) is 5.56 Å². The number of hydrogen-bond donors (Lipinski definition) is 2. The maximum atomic E-state index is 12.7. The molecule has 0 bridgehead atoms. The molecule has 1 aromatic heterocycles. The monoisotopic (exact) mass is 414 g/mol. The first-order chi connectivity index (χ1) is 13.4. The molecule has 2 aromatic carbocycles. The van der Waals surface area contributed by atoms with Crippen molar-refractivity contribution in [2.75, 3.05) is 5.32 Å². The van der Waals surface area contributed by atoms with E-state index in [1.54, 1.807) is 24.3 Å². The first-order valence-electron chi connectivity index (χ1n) is 8.70. The number of anilines is 1. The Kier molecular flexibility index (Phi) is 6.38. The number of amides is 2. The van der Waals surface area contributed by atoms with Crippen LogP contribution in [-0.2, 0) is 4.79 Å². The Morgan fingerprint density at radius 3 is 2.46 bits per heavy atom. The summed E-state index contributed by atoms with van der Waals surface area (Å²) in [6, 6.07) is 15.4. The molecule has 0 aliphatic heterocycles. The summed E-state index contributed by atoms with van der Waals surface area (Å²) in [5, 5.41) is 15.2. The van der Waals surface area contributed by atoms with Gasteiger partial charge in [0.2, 0.25) is 11.0 Å². The van der Waals surface area contributed by atoms with E-state index in [4.69, 9.17) is 11.6 Å². The van der Waals surface area contributed by atoms with Crippen LogP contribution >= 0.6 is 22.9 Å². The van der Waals surface area contributed by atoms with E-state index in [-0.39, 0.29) is 17.7 Å². The molecule has 2 N–H and O–H groups in total. The van der Waals surface area contributed by atoms with Gasteiger partial charge in [-0.05, 0) is 24.1 Å². The van der Waals surface area contributed by atoms with Crippen molar-refractivity contribution in [1.82, 2.24) is 15.5 Å². The van der Waals surface area contributed by atoms with Gasteiger partial charge < -0.3 is 5.32 Å². The van der Waals surface area contributed by atoms with Crippen LogP contribution in [0, 0.1) is 5.92 Å². The third-order valence-corrected chi connectivity index (χ3v) is 5.12. The van der Waals surface area contributed by atoms with E-state index in [9.17, 15) is 9.59 Å². The molecule has 0 fully saturated rings. The van der Waals surface area contributed by atoms with E-state index < -0.39 is 6.04 Å². The van der Waals surface area contributed by atoms with E-state index in [1.165, 1.54) is 11.3 Å². The number of carbonyl (C=O) groups excluding carboxylic acids is 2. The molecule has 3 rings (SSSR count). The summed E-state index contributed by atoms with van der Waals surface area (Å²) in [6.45, 7) is 3.72. The predicted octanol–water partition coefficient (Wildman–Crippen LogP) is 4.25. The van der Waals surface area contributed by atoms with Crippen LogP contribution in [0.5, 0.6) is 0 Å². The van der Waals surface area contributed by atoms with Crippen LogP contribution in [-0.4, -0.2) is 28.1 Å². The van der Waals surface area contributed by atoms with Crippen molar-refractivity contribution in [3.63, 3.8) is 0 Å². The predicted molar refractivity (Wildman–Crippen MR) is 112 cm³/mol. The second kappa shape index (κ2) is 8.95. The molecule has 1 heterocycles. The summed E-state index contributed by atoms with van der Waals surface area (Å²) in [5.41, 5.74) is 1.32.